The van der Waals surface area contributed by atoms with Crippen molar-refractivity contribution in [1.29, 1.82) is 0 Å². The second kappa shape index (κ2) is 5.69. The van der Waals surface area contributed by atoms with E-state index in [1.165, 1.54) is 19.2 Å². The fourth-order valence-electron chi connectivity index (χ4n) is 1.21. The largest absolute Gasteiger partial charge is 0.506 e. The lowest BCUT2D eigenvalue weighted by Crippen LogP contribution is -2.29. The van der Waals surface area contributed by atoms with E-state index in [1.54, 1.807) is 0 Å². The lowest BCUT2D eigenvalue weighted by atomic mass is 10.3. The molecule has 0 aliphatic heterocycles. The minimum Gasteiger partial charge on any atom is -0.506 e. The zero-order valence-corrected chi connectivity index (χ0v) is 10.6. The van der Waals surface area contributed by atoms with Crippen molar-refractivity contribution in [3.8, 4) is 5.75 Å². The lowest BCUT2D eigenvalue weighted by molar-refractivity contribution is -0.120. The number of carbonyl (C=O) groups excluding carboxylic acids is 1. The number of nitrogens with one attached hydrogen (secondary N) is 2. The third-order valence-electron chi connectivity index (χ3n) is 2.23. The number of benzene rings is 1. The first-order chi connectivity index (χ1) is 8.36. The van der Waals surface area contributed by atoms with Gasteiger partial charge in [-0.05, 0) is 18.2 Å². The Kier molecular flexibility index (Phi) is 4.51. The minimum atomic E-state index is -3.72. The van der Waals surface area contributed by atoms with E-state index in [0.717, 1.165) is 6.07 Å². The van der Waals surface area contributed by atoms with Gasteiger partial charge in [-0.2, -0.15) is 0 Å². The van der Waals surface area contributed by atoms with Crippen LogP contribution in [-0.4, -0.2) is 33.0 Å². The number of phenols is 1. The minimum absolute atomic E-state index is 0.0111. The third kappa shape index (κ3) is 3.60. The topological polar surface area (TPSA) is 122 Å². The van der Waals surface area contributed by atoms with Crippen LogP contribution in [0, 0.1) is 0 Å². The Morgan fingerprint density at radius 1 is 1.44 bits per heavy atom. The van der Waals surface area contributed by atoms with Gasteiger partial charge in [-0.3, -0.25) is 4.79 Å². The monoisotopic (exact) mass is 273 g/mol. The van der Waals surface area contributed by atoms with E-state index in [-0.39, 0.29) is 35.2 Å². The Labute approximate surface area is 105 Å². The van der Waals surface area contributed by atoms with Gasteiger partial charge in [0.15, 0.2) is 0 Å². The van der Waals surface area contributed by atoms with Crippen LogP contribution in [0.5, 0.6) is 5.75 Å². The fraction of sp³-hybridized carbons (Fsp3) is 0.300. The highest BCUT2D eigenvalue weighted by Crippen LogP contribution is 2.22. The average molecular weight is 273 g/mol. The van der Waals surface area contributed by atoms with Crippen LogP contribution in [0.3, 0.4) is 0 Å². The molecule has 0 fully saturated rings. The molecular formula is C10H15N3O4S. The van der Waals surface area contributed by atoms with Crippen LogP contribution in [-0.2, 0) is 14.8 Å². The van der Waals surface area contributed by atoms with Crippen molar-refractivity contribution in [3.05, 3.63) is 18.2 Å². The first kappa shape index (κ1) is 14.3. The van der Waals surface area contributed by atoms with Gasteiger partial charge in [0.25, 0.3) is 0 Å². The smallest absolute Gasteiger partial charge is 0.240 e. The van der Waals surface area contributed by atoms with E-state index in [2.05, 4.69) is 10.0 Å². The van der Waals surface area contributed by atoms with Crippen LogP contribution in [0.25, 0.3) is 0 Å². The van der Waals surface area contributed by atoms with Crippen LogP contribution in [0.4, 0.5) is 5.69 Å². The van der Waals surface area contributed by atoms with Crippen LogP contribution < -0.4 is 15.8 Å². The Bertz CT molecular complexity index is 542. The van der Waals surface area contributed by atoms with Gasteiger partial charge in [0, 0.05) is 20.0 Å². The number of hydrogen-bond donors (Lipinski definition) is 4. The quantitative estimate of drug-likeness (QED) is 0.421. The number of nitrogens with two attached hydrogens (primary N) is 1. The highest BCUT2D eigenvalue weighted by molar-refractivity contribution is 7.89. The van der Waals surface area contributed by atoms with Crippen LogP contribution in [0.15, 0.2) is 23.1 Å². The molecule has 0 saturated carbocycles. The summed E-state index contributed by atoms with van der Waals surface area (Å²) in [5.74, 6) is -0.442. The molecule has 0 bridgehead atoms. The SMILES string of the molecule is CNC(=O)CCNS(=O)(=O)c1ccc(O)c(N)c1. The lowest BCUT2D eigenvalue weighted by Gasteiger charge is -2.07. The van der Waals surface area contributed by atoms with Crippen molar-refractivity contribution in [2.75, 3.05) is 19.3 Å². The van der Waals surface area contributed by atoms with Crippen molar-refractivity contribution < 1.29 is 18.3 Å². The zero-order valence-electron chi connectivity index (χ0n) is 9.80. The van der Waals surface area contributed by atoms with E-state index in [4.69, 9.17) is 5.73 Å². The standard InChI is InChI=1S/C10H15N3O4S/c1-12-10(15)4-5-13-18(16,17)7-2-3-9(14)8(11)6-7/h2-3,6,13-14H,4-5,11H2,1H3,(H,12,15). The van der Waals surface area contributed by atoms with Gasteiger partial charge in [0.1, 0.15) is 5.75 Å². The summed E-state index contributed by atoms with van der Waals surface area (Å²) in [6.45, 7) is -0.0111. The van der Waals surface area contributed by atoms with Crippen molar-refractivity contribution >= 4 is 21.6 Å². The van der Waals surface area contributed by atoms with Crippen molar-refractivity contribution in [1.82, 2.24) is 10.0 Å². The normalized spacial score (nSPS) is 11.2. The number of phenolic OH excluding ortho intramolecular Hbond substituents is 1. The molecule has 5 N–H and O–H groups in total. The molecule has 0 aliphatic carbocycles. The first-order valence-corrected chi connectivity index (χ1v) is 6.64. The molecule has 0 aromatic heterocycles. The van der Waals surface area contributed by atoms with Crippen molar-refractivity contribution in [2.24, 2.45) is 0 Å². The Balaban J connectivity index is 2.74. The van der Waals surface area contributed by atoms with Crippen LogP contribution >= 0.6 is 0 Å². The summed E-state index contributed by atoms with van der Waals surface area (Å²) in [5.41, 5.74) is 5.39. The molecule has 1 rings (SSSR count). The molecule has 7 nitrogen and oxygen atoms in total. The predicted molar refractivity (Wildman–Crippen MR) is 66.4 cm³/mol. The van der Waals surface area contributed by atoms with Crippen LogP contribution in [0.2, 0.25) is 0 Å². The number of amides is 1. The van der Waals surface area contributed by atoms with E-state index in [0.29, 0.717) is 0 Å². The maximum absolute atomic E-state index is 11.8. The van der Waals surface area contributed by atoms with Gasteiger partial charge in [-0.1, -0.05) is 0 Å². The number of anilines is 1. The molecule has 1 amide bonds. The number of rotatable bonds is 5. The van der Waals surface area contributed by atoms with Crippen LogP contribution in [0.1, 0.15) is 6.42 Å². The van der Waals surface area contributed by atoms with E-state index in [9.17, 15) is 18.3 Å². The molecule has 1 aromatic rings. The summed E-state index contributed by atoms with van der Waals surface area (Å²) >= 11 is 0. The zero-order chi connectivity index (χ0) is 13.8. The molecule has 0 heterocycles. The summed E-state index contributed by atoms with van der Waals surface area (Å²) < 4.78 is 25.8. The van der Waals surface area contributed by atoms with Gasteiger partial charge < -0.3 is 16.2 Å². The Morgan fingerprint density at radius 3 is 2.67 bits per heavy atom. The summed E-state index contributed by atoms with van der Waals surface area (Å²) in [6.07, 6.45) is 0.0449. The molecule has 0 spiro atoms. The highest BCUT2D eigenvalue weighted by atomic mass is 32.2. The predicted octanol–water partition coefficient (Wildman–Crippen LogP) is -0.611. The van der Waals surface area contributed by atoms with Gasteiger partial charge in [-0.15, -0.1) is 0 Å². The summed E-state index contributed by atoms with van der Waals surface area (Å²) in [7, 11) is -2.25. The number of hydrogen-bond acceptors (Lipinski definition) is 5. The second-order valence-electron chi connectivity index (χ2n) is 3.54. The fourth-order valence-corrected chi connectivity index (χ4v) is 2.27. The summed E-state index contributed by atoms with van der Waals surface area (Å²) in [4.78, 5) is 10.9. The maximum atomic E-state index is 11.8. The van der Waals surface area contributed by atoms with Gasteiger partial charge in [0.05, 0.1) is 10.6 Å². The third-order valence-corrected chi connectivity index (χ3v) is 3.69. The van der Waals surface area contributed by atoms with E-state index in [1.807, 2.05) is 0 Å². The Morgan fingerprint density at radius 2 is 2.11 bits per heavy atom. The molecule has 8 heteroatoms. The second-order valence-corrected chi connectivity index (χ2v) is 5.31. The number of aromatic hydroxyl groups is 1. The van der Waals surface area contributed by atoms with E-state index >= 15 is 0 Å². The molecule has 0 atom stereocenters. The Hall–Kier alpha value is -1.80. The van der Waals surface area contributed by atoms with Gasteiger partial charge in [0.2, 0.25) is 15.9 Å². The number of nitrogen functional groups attached to an aromatic ring is 1. The molecule has 100 valence electrons. The number of sulfonamides is 1. The highest BCUT2D eigenvalue weighted by Gasteiger charge is 2.15. The first-order valence-electron chi connectivity index (χ1n) is 5.15. The molecule has 0 unspecified atom stereocenters. The number of carbonyl (C=O) groups is 1. The van der Waals surface area contributed by atoms with Gasteiger partial charge >= 0.3 is 0 Å². The summed E-state index contributed by atoms with van der Waals surface area (Å²) in [5, 5.41) is 11.6. The molecule has 18 heavy (non-hydrogen) atoms. The summed E-state index contributed by atoms with van der Waals surface area (Å²) in [6, 6.07) is 3.58. The molecule has 1 aromatic carbocycles. The van der Waals surface area contributed by atoms with Crippen molar-refractivity contribution in [2.45, 2.75) is 11.3 Å². The van der Waals surface area contributed by atoms with E-state index < -0.39 is 10.0 Å². The molecule has 0 radical (unpaired) electrons. The molecule has 0 aliphatic rings. The molecule has 0 saturated heterocycles. The maximum Gasteiger partial charge on any atom is 0.240 e. The van der Waals surface area contributed by atoms with Gasteiger partial charge in [-0.25, -0.2) is 13.1 Å². The average Bonchev–Trinajstić information content (AvgIpc) is 2.32. The van der Waals surface area contributed by atoms with Crippen molar-refractivity contribution in [3.63, 3.8) is 0 Å². The molecular weight excluding hydrogens is 258 g/mol.